The van der Waals surface area contributed by atoms with E-state index in [1.807, 2.05) is 24.3 Å². The number of hydrogen-bond donors (Lipinski definition) is 3. The molecular weight excluding hydrogens is 262 g/mol. The van der Waals surface area contributed by atoms with Crippen molar-refractivity contribution in [3.05, 3.63) is 48.2 Å². The molecule has 0 radical (unpaired) electrons. The summed E-state index contributed by atoms with van der Waals surface area (Å²) in [7, 11) is 0. The summed E-state index contributed by atoms with van der Waals surface area (Å²) >= 11 is 0. The van der Waals surface area contributed by atoms with Crippen molar-refractivity contribution in [2.75, 3.05) is 13.1 Å². The third-order valence-corrected chi connectivity index (χ3v) is 4.17. The van der Waals surface area contributed by atoms with Crippen molar-refractivity contribution in [3.8, 4) is 0 Å². The Labute approximate surface area is 122 Å². The van der Waals surface area contributed by atoms with Gasteiger partial charge in [0.15, 0.2) is 0 Å². The largest absolute Gasteiger partial charge is 0.351 e. The Kier molecular flexibility index (Phi) is 2.89. The Morgan fingerprint density at radius 1 is 1.14 bits per heavy atom. The van der Waals surface area contributed by atoms with E-state index < -0.39 is 0 Å². The summed E-state index contributed by atoms with van der Waals surface area (Å²) in [6.45, 7) is 1.83. The molecule has 1 saturated heterocycles. The van der Waals surface area contributed by atoms with E-state index in [4.69, 9.17) is 0 Å². The first-order valence-corrected chi connectivity index (χ1v) is 7.33. The second-order valence-electron chi connectivity index (χ2n) is 5.59. The average molecular weight is 279 g/mol. The number of hydrogen-bond acceptors (Lipinski definition) is 2. The smallest absolute Gasteiger partial charge is 0.267 e. The van der Waals surface area contributed by atoms with E-state index in [0.29, 0.717) is 5.69 Å². The van der Waals surface area contributed by atoms with Crippen molar-refractivity contribution >= 4 is 27.6 Å². The van der Waals surface area contributed by atoms with Gasteiger partial charge in [0, 0.05) is 23.5 Å². The average Bonchev–Trinajstić information content (AvgIpc) is 3.15. The van der Waals surface area contributed by atoms with Crippen molar-refractivity contribution in [1.29, 1.82) is 0 Å². The van der Waals surface area contributed by atoms with Crippen molar-refractivity contribution in [2.45, 2.75) is 12.5 Å². The summed E-state index contributed by atoms with van der Waals surface area (Å²) < 4.78 is 0. The van der Waals surface area contributed by atoms with Gasteiger partial charge in [-0.2, -0.15) is 0 Å². The van der Waals surface area contributed by atoms with Gasteiger partial charge in [-0.05, 0) is 35.9 Å². The highest BCUT2D eigenvalue weighted by atomic mass is 16.1. The molecule has 4 nitrogen and oxygen atoms in total. The number of aromatic nitrogens is 1. The molecule has 21 heavy (non-hydrogen) atoms. The molecule has 1 aromatic heterocycles. The number of nitrogens with one attached hydrogen (secondary N) is 3. The second-order valence-corrected chi connectivity index (χ2v) is 5.59. The summed E-state index contributed by atoms with van der Waals surface area (Å²) in [6.07, 6.45) is 0.995. The first-order chi connectivity index (χ1) is 10.3. The first-order valence-electron chi connectivity index (χ1n) is 7.33. The molecule has 1 fully saturated rings. The van der Waals surface area contributed by atoms with Gasteiger partial charge in [0.1, 0.15) is 5.69 Å². The van der Waals surface area contributed by atoms with Gasteiger partial charge in [0.05, 0.1) is 0 Å². The predicted molar refractivity (Wildman–Crippen MR) is 84.5 cm³/mol. The Bertz CT molecular complexity index is 815. The second kappa shape index (κ2) is 4.90. The molecular formula is C17H17N3O. The minimum Gasteiger partial charge on any atom is -0.351 e. The van der Waals surface area contributed by atoms with Crippen molar-refractivity contribution in [2.24, 2.45) is 0 Å². The molecule has 106 valence electrons. The van der Waals surface area contributed by atoms with Crippen LogP contribution in [-0.2, 0) is 0 Å². The molecule has 1 aliphatic heterocycles. The number of amides is 1. The van der Waals surface area contributed by atoms with Crippen LogP contribution in [0, 0.1) is 0 Å². The maximum absolute atomic E-state index is 12.3. The molecule has 0 saturated carbocycles. The summed E-state index contributed by atoms with van der Waals surface area (Å²) in [4.78, 5) is 15.6. The topological polar surface area (TPSA) is 56.9 Å². The van der Waals surface area contributed by atoms with Crippen LogP contribution in [0.15, 0.2) is 42.5 Å². The minimum atomic E-state index is -0.0241. The van der Waals surface area contributed by atoms with E-state index in [9.17, 15) is 4.79 Å². The monoisotopic (exact) mass is 279 g/mol. The predicted octanol–water partition coefficient (Wildman–Crippen LogP) is 2.41. The molecule has 2 heterocycles. The van der Waals surface area contributed by atoms with Crippen LogP contribution in [0.5, 0.6) is 0 Å². The van der Waals surface area contributed by atoms with E-state index in [-0.39, 0.29) is 11.9 Å². The number of rotatable bonds is 2. The van der Waals surface area contributed by atoms with Gasteiger partial charge < -0.3 is 15.6 Å². The molecule has 1 aliphatic rings. The summed E-state index contributed by atoms with van der Waals surface area (Å²) in [6, 6.07) is 14.5. The van der Waals surface area contributed by atoms with E-state index in [1.54, 1.807) is 0 Å². The highest BCUT2D eigenvalue weighted by molar-refractivity contribution is 6.09. The lowest BCUT2D eigenvalue weighted by Crippen LogP contribution is -2.36. The maximum atomic E-state index is 12.3. The number of H-pyrrole nitrogens is 1. The fourth-order valence-electron chi connectivity index (χ4n) is 3.05. The molecule has 1 atom stereocenters. The zero-order valence-corrected chi connectivity index (χ0v) is 11.6. The Hall–Kier alpha value is -2.33. The van der Waals surface area contributed by atoms with Crippen molar-refractivity contribution in [3.63, 3.8) is 0 Å². The SMILES string of the molecule is O=C(NC1CCNC1)c1cc2c(ccc3ccccc32)[nH]1. The van der Waals surface area contributed by atoms with Gasteiger partial charge in [-0.25, -0.2) is 0 Å². The molecule has 0 spiro atoms. The van der Waals surface area contributed by atoms with E-state index >= 15 is 0 Å². The van der Waals surface area contributed by atoms with Gasteiger partial charge in [-0.3, -0.25) is 4.79 Å². The third kappa shape index (κ3) is 2.17. The lowest BCUT2D eigenvalue weighted by atomic mass is 10.1. The van der Waals surface area contributed by atoms with Crippen LogP contribution >= 0.6 is 0 Å². The molecule has 0 bridgehead atoms. The number of aromatic amines is 1. The van der Waals surface area contributed by atoms with Crippen LogP contribution in [0.2, 0.25) is 0 Å². The van der Waals surface area contributed by atoms with Gasteiger partial charge in [-0.15, -0.1) is 0 Å². The summed E-state index contributed by atoms with van der Waals surface area (Å²) in [5.41, 5.74) is 1.64. The molecule has 4 heteroatoms. The zero-order valence-electron chi connectivity index (χ0n) is 11.6. The van der Waals surface area contributed by atoms with Crippen LogP contribution in [0.4, 0.5) is 0 Å². The molecule has 1 unspecified atom stereocenters. The van der Waals surface area contributed by atoms with Crippen LogP contribution in [-0.4, -0.2) is 30.0 Å². The molecule has 4 rings (SSSR count). The number of fused-ring (bicyclic) bond motifs is 3. The molecule has 0 aliphatic carbocycles. The molecule has 1 amide bonds. The Morgan fingerprint density at radius 2 is 2.05 bits per heavy atom. The minimum absolute atomic E-state index is 0.0241. The zero-order chi connectivity index (χ0) is 14.2. The highest BCUT2D eigenvalue weighted by Gasteiger charge is 2.18. The van der Waals surface area contributed by atoms with Gasteiger partial charge in [-0.1, -0.05) is 30.3 Å². The number of carbonyl (C=O) groups is 1. The van der Waals surface area contributed by atoms with Crippen LogP contribution in [0.1, 0.15) is 16.9 Å². The maximum Gasteiger partial charge on any atom is 0.267 e. The van der Waals surface area contributed by atoms with E-state index in [0.717, 1.165) is 30.4 Å². The Balaban J connectivity index is 1.72. The van der Waals surface area contributed by atoms with Crippen molar-refractivity contribution < 1.29 is 4.79 Å². The lowest BCUT2D eigenvalue weighted by Gasteiger charge is -2.09. The first kappa shape index (κ1) is 12.4. The lowest BCUT2D eigenvalue weighted by molar-refractivity contribution is 0.0936. The summed E-state index contributed by atoms with van der Waals surface area (Å²) in [5.74, 6) is -0.0241. The highest BCUT2D eigenvalue weighted by Crippen LogP contribution is 2.25. The van der Waals surface area contributed by atoms with E-state index in [1.165, 1.54) is 10.8 Å². The number of carbonyl (C=O) groups excluding carboxylic acids is 1. The Morgan fingerprint density at radius 3 is 2.90 bits per heavy atom. The fourth-order valence-corrected chi connectivity index (χ4v) is 3.05. The molecule has 3 N–H and O–H groups in total. The van der Waals surface area contributed by atoms with Crippen LogP contribution in [0.3, 0.4) is 0 Å². The fraction of sp³-hybridized carbons (Fsp3) is 0.235. The van der Waals surface area contributed by atoms with Gasteiger partial charge >= 0.3 is 0 Å². The molecule has 3 aromatic rings. The third-order valence-electron chi connectivity index (χ3n) is 4.17. The number of benzene rings is 2. The molecule has 2 aromatic carbocycles. The van der Waals surface area contributed by atoms with Crippen molar-refractivity contribution in [1.82, 2.24) is 15.6 Å². The van der Waals surface area contributed by atoms with Gasteiger partial charge in [0.25, 0.3) is 5.91 Å². The van der Waals surface area contributed by atoms with Crippen LogP contribution in [0.25, 0.3) is 21.7 Å². The quantitative estimate of drug-likeness (QED) is 0.674. The van der Waals surface area contributed by atoms with Crippen LogP contribution < -0.4 is 10.6 Å². The summed E-state index contributed by atoms with van der Waals surface area (Å²) in [5, 5.41) is 9.79. The standard InChI is InChI=1S/C17H17N3O/c21-17(19-12-7-8-18-10-12)16-9-14-13-4-2-1-3-11(13)5-6-15(14)20-16/h1-6,9,12,18,20H,7-8,10H2,(H,19,21). The van der Waals surface area contributed by atoms with Gasteiger partial charge in [0.2, 0.25) is 0 Å². The normalized spacial score (nSPS) is 18.4. The van der Waals surface area contributed by atoms with E-state index in [2.05, 4.69) is 33.8 Å².